The van der Waals surface area contributed by atoms with E-state index in [-0.39, 0.29) is 0 Å². The second-order valence-electron chi connectivity index (χ2n) is 5.34. The third-order valence-corrected chi connectivity index (χ3v) is 3.85. The summed E-state index contributed by atoms with van der Waals surface area (Å²) in [4.78, 5) is 16.5. The van der Waals surface area contributed by atoms with Crippen molar-refractivity contribution in [1.29, 1.82) is 0 Å². The number of nitrogens with zero attached hydrogens (tertiary/aromatic N) is 1. The second-order valence-corrected chi connectivity index (χ2v) is 5.75. The van der Waals surface area contributed by atoms with Crippen LogP contribution < -0.4 is 0 Å². The molecule has 2 aromatic carbocycles. The van der Waals surface area contributed by atoms with Crippen LogP contribution in [0.25, 0.3) is 0 Å². The van der Waals surface area contributed by atoms with E-state index >= 15 is 0 Å². The van der Waals surface area contributed by atoms with Gasteiger partial charge in [-0.3, -0.25) is 4.98 Å². The number of carbonyl (C=O) groups excluding carboxylic acids is 1. The highest BCUT2D eigenvalue weighted by Gasteiger charge is 2.24. The molecule has 0 aliphatic heterocycles. The maximum atomic E-state index is 14.0. The summed E-state index contributed by atoms with van der Waals surface area (Å²) in [6.45, 7) is 0. The van der Waals surface area contributed by atoms with Gasteiger partial charge < -0.3 is 4.74 Å². The fourth-order valence-corrected chi connectivity index (χ4v) is 2.50. The van der Waals surface area contributed by atoms with Crippen molar-refractivity contribution in [2.75, 3.05) is 0 Å². The third kappa shape index (κ3) is 3.86. The molecule has 1 heterocycles. The molecular weight excluding hydrogens is 367 g/mol. The van der Waals surface area contributed by atoms with E-state index in [0.717, 1.165) is 0 Å². The number of hydrogen-bond acceptors (Lipinski definition) is 3. The Labute approximate surface area is 152 Å². The van der Waals surface area contributed by atoms with Crippen LogP contribution >= 0.6 is 11.6 Å². The van der Waals surface area contributed by atoms with Gasteiger partial charge in [-0.05, 0) is 36.4 Å². The predicted molar refractivity (Wildman–Crippen MR) is 89.3 cm³/mol. The van der Waals surface area contributed by atoms with Gasteiger partial charge >= 0.3 is 5.97 Å². The molecule has 0 bridgehead atoms. The van der Waals surface area contributed by atoms with Crippen LogP contribution in [-0.2, 0) is 4.74 Å². The normalized spacial score (nSPS) is 11.8. The molecule has 0 saturated heterocycles. The average molecular weight is 378 g/mol. The molecule has 0 radical (unpaired) electrons. The first-order valence-corrected chi connectivity index (χ1v) is 7.85. The maximum absolute atomic E-state index is 14.0. The molecule has 0 aliphatic rings. The molecule has 0 aliphatic carbocycles. The van der Waals surface area contributed by atoms with Crippen LogP contribution in [-0.4, -0.2) is 11.0 Å². The number of pyridine rings is 1. The predicted octanol–water partition coefficient (Wildman–Crippen LogP) is 5.10. The summed E-state index contributed by atoms with van der Waals surface area (Å²) in [5.41, 5.74) is -0.0163. The number of benzene rings is 2. The van der Waals surface area contributed by atoms with Gasteiger partial charge in [0.1, 0.15) is 17.5 Å². The molecule has 26 heavy (non-hydrogen) atoms. The van der Waals surface area contributed by atoms with Gasteiger partial charge in [0.2, 0.25) is 0 Å². The van der Waals surface area contributed by atoms with E-state index in [2.05, 4.69) is 4.98 Å². The number of carbonyl (C=O) groups is 1. The van der Waals surface area contributed by atoms with E-state index in [9.17, 15) is 18.0 Å². The molecule has 0 saturated carbocycles. The van der Waals surface area contributed by atoms with Crippen molar-refractivity contribution in [3.63, 3.8) is 0 Å². The molecule has 1 aromatic heterocycles. The lowest BCUT2D eigenvalue weighted by atomic mass is 10.1. The first-order chi connectivity index (χ1) is 12.5. The van der Waals surface area contributed by atoms with E-state index in [1.165, 1.54) is 30.5 Å². The van der Waals surface area contributed by atoms with E-state index in [0.29, 0.717) is 23.4 Å². The molecule has 0 unspecified atom stereocenters. The van der Waals surface area contributed by atoms with Crippen molar-refractivity contribution in [3.05, 3.63) is 100 Å². The molecule has 1 atom stereocenters. The van der Waals surface area contributed by atoms with Crippen molar-refractivity contribution in [2.24, 2.45) is 0 Å². The summed E-state index contributed by atoms with van der Waals surface area (Å²) in [5, 5.41) is -0.453. The van der Waals surface area contributed by atoms with Crippen molar-refractivity contribution < 1.29 is 22.7 Å². The number of halogens is 4. The SMILES string of the molecule is O=C(O[C@H](c1cccc(F)c1)c1ccccn1)c1cc(F)c(Cl)cc1F. The van der Waals surface area contributed by atoms with E-state index in [1.807, 2.05) is 0 Å². The van der Waals surface area contributed by atoms with Gasteiger partial charge in [-0.1, -0.05) is 29.8 Å². The first kappa shape index (κ1) is 17.9. The topological polar surface area (TPSA) is 39.2 Å². The highest BCUT2D eigenvalue weighted by atomic mass is 35.5. The van der Waals surface area contributed by atoms with Gasteiger partial charge in [-0.2, -0.15) is 0 Å². The molecule has 0 fully saturated rings. The lowest BCUT2D eigenvalue weighted by Crippen LogP contribution is -2.15. The zero-order valence-electron chi connectivity index (χ0n) is 13.1. The summed E-state index contributed by atoms with van der Waals surface area (Å²) in [5.74, 6) is -3.65. The zero-order valence-corrected chi connectivity index (χ0v) is 13.9. The average Bonchev–Trinajstić information content (AvgIpc) is 2.63. The van der Waals surface area contributed by atoms with Crippen LogP contribution in [0.15, 0.2) is 60.8 Å². The molecule has 0 amide bonds. The second kappa shape index (κ2) is 7.58. The summed E-state index contributed by atoms with van der Waals surface area (Å²) in [6, 6.07) is 11.6. The van der Waals surface area contributed by atoms with E-state index in [4.69, 9.17) is 16.3 Å². The standard InChI is InChI=1S/C19H11ClF3NO2/c20-14-10-15(22)13(9-16(14)23)19(25)26-18(17-6-1-2-7-24-17)11-4-3-5-12(21)8-11/h1-10,18H/t18-/m1/s1. The molecule has 0 N–H and O–H groups in total. The van der Waals surface area contributed by atoms with Gasteiger partial charge in [-0.15, -0.1) is 0 Å². The van der Waals surface area contributed by atoms with E-state index in [1.54, 1.807) is 18.2 Å². The highest BCUT2D eigenvalue weighted by molar-refractivity contribution is 6.30. The number of ether oxygens (including phenoxy) is 1. The Morgan fingerprint density at radius 2 is 1.81 bits per heavy atom. The smallest absolute Gasteiger partial charge is 0.342 e. The van der Waals surface area contributed by atoms with Gasteiger partial charge in [-0.25, -0.2) is 18.0 Å². The minimum absolute atomic E-state index is 0.298. The molecular formula is C19H11ClF3NO2. The van der Waals surface area contributed by atoms with Crippen molar-refractivity contribution in [1.82, 2.24) is 4.98 Å². The van der Waals surface area contributed by atoms with Gasteiger partial charge in [0.05, 0.1) is 16.3 Å². The Kier molecular flexibility index (Phi) is 5.23. The Balaban J connectivity index is 1.99. The largest absolute Gasteiger partial charge is 0.447 e. The maximum Gasteiger partial charge on any atom is 0.342 e. The Hall–Kier alpha value is -2.86. The summed E-state index contributed by atoms with van der Waals surface area (Å²) >= 11 is 5.49. The monoisotopic (exact) mass is 377 g/mol. The van der Waals surface area contributed by atoms with Crippen LogP contribution in [0.5, 0.6) is 0 Å². The summed E-state index contributed by atoms with van der Waals surface area (Å²) in [6.07, 6.45) is 0.371. The van der Waals surface area contributed by atoms with Gasteiger partial charge in [0.15, 0.2) is 6.10 Å². The van der Waals surface area contributed by atoms with Crippen LogP contribution in [0.2, 0.25) is 5.02 Å². The lowest BCUT2D eigenvalue weighted by Gasteiger charge is -2.18. The molecule has 3 nitrogen and oxygen atoms in total. The fraction of sp³-hybridized carbons (Fsp3) is 0.0526. The molecule has 7 heteroatoms. The summed E-state index contributed by atoms with van der Waals surface area (Å²) in [7, 11) is 0. The lowest BCUT2D eigenvalue weighted by molar-refractivity contribution is 0.0364. The van der Waals surface area contributed by atoms with Gasteiger partial charge in [0.25, 0.3) is 0 Å². The van der Waals surface area contributed by atoms with Crippen LogP contribution in [0.3, 0.4) is 0 Å². The highest BCUT2D eigenvalue weighted by Crippen LogP contribution is 2.28. The Bertz CT molecular complexity index is 951. The third-order valence-electron chi connectivity index (χ3n) is 3.56. The van der Waals surface area contributed by atoms with Crippen molar-refractivity contribution >= 4 is 17.6 Å². The molecule has 0 spiro atoms. The summed E-state index contributed by atoms with van der Waals surface area (Å²) < 4.78 is 46.5. The van der Waals surface area contributed by atoms with Crippen LogP contribution in [0.4, 0.5) is 13.2 Å². The zero-order chi connectivity index (χ0) is 18.7. The van der Waals surface area contributed by atoms with Crippen LogP contribution in [0, 0.1) is 17.5 Å². The van der Waals surface area contributed by atoms with Crippen molar-refractivity contribution in [2.45, 2.75) is 6.10 Å². The molecule has 3 rings (SSSR count). The number of aromatic nitrogens is 1. The number of esters is 1. The Morgan fingerprint density at radius 1 is 1.00 bits per heavy atom. The minimum Gasteiger partial charge on any atom is -0.447 e. The Morgan fingerprint density at radius 3 is 2.50 bits per heavy atom. The number of hydrogen-bond donors (Lipinski definition) is 0. The molecule has 3 aromatic rings. The first-order valence-electron chi connectivity index (χ1n) is 7.47. The number of rotatable bonds is 4. The van der Waals surface area contributed by atoms with E-state index < -0.39 is 40.1 Å². The van der Waals surface area contributed by atoms with Crippen LogP contribution in [0.1, 0.15) is 27.7 Å². The van der Waals surface area contributed by atoms with Gasteiger partial charge in [0, 0.05) is 11.8 Å². The quantitative estimate of drug-likeness (QED) is 0.469. The molecule has 132 valence electrons. The minimum atomic E-state index is -1.13. The fourth-order valence-electron chi connectivity index (χ4n) is 2.35. The van der Waals surface area contributed by atoms with Crippen molar-refractivity contribution in [3.8, 4) is 0 Å².